The predicted molar refractivity (Wildman–Crippen MR) is 117 cm³/mol. The van der Waals surface area contributed by atoms with Crippen molar-refractivity contribution >= 4 is 49.7 Å². The molecule has 0 aliphatic carbocycles. The highest BCUT2D eigenvalue weighted by Gasteiger charge is 2.30. The second-order valence-electron chi connectivity index (χ2n) is 6.48. The molecular weight excluding hydrogens is 432 g/mol. The summed E-state index contributed by atoms with van der Waals surface area (Å²) in [4.78, 5) is 12.7. The molecule has 2 aromatic carbocycles. The van der Waals surface area contributed by atoms with Gasteiger partial charge in [-0.2, -0.15) is 0 Å². The number of halogens is 1. The second kappa shape index (κ2) is 8.48. The third-order valence-corrected chi connectivity index (χ3v) is 6.47. The van der Waals surface area contributed by atoms with Crippen molar-refractivity contribution < 1.29 is 13.2 Å². The minimum absolute atomic E-state index is 0.289. The molecule has 0 radical (unpaired) electrons. The van der Waals surface area contributed by atoms with Crippen molar-refractivity contribution in [3.8, 4) is 10.6 Å². The van der Waals surface area contributed by atoms with Crippen LogP contribution in [0.15, 0.2) is 48.5 Å². The topological polar surface area (TPSA) is 92.3 Å². The lowest BCUT2D eigenvalue weighted by Gasteiger charge is -2.27. The molecule has 0 spiro atoms. The van der Waals surface area contributed by atoms with E-state index in [4.69, 9.17) is 11.6 Å². The van der Waals surface area contributed by atoms with E-state index >= 15 is 0 Å². The van der Waals surface area contributed by atoms with Crippen molar-refractivity contribution in [3.05, 3.63) is 59.1 Å². The first-order valence-electron chi connectivity index (χ1n) is 8.61. The first-order valence-corrected chi connectivity index (χ1v) is 11.7. The third-order valence-electron chi connectivity index (χ3n) is 4.10. The molecule has 0 fully saturated rings. The lowest BCUT2D eigenvalue weighted by atomic mass is 10.2. The highest BCUT2D eigenvalue weighted by molar-refractivity contribution is 7.92. The van der Waals surface area contributed by atoms with Gasteiger partial charge in [0.2, 0.25) is 21.1 Å². The van der Waals surface area contributed by atoms with Crippen molar-refractivity contribution in [1.29, 1.82) is 0 Å². The standard InChI is InChI=1S/C19H19ClN4O3S2/c1-12-7-9-14(10-8-12)18-22-23-19(28-18)21-17(25)13(2)24(29(3,26)27)16-6-4-5-15(20)11-16/h4-11,13H,1-3H3,(H,21,23,25)/t13-/m0/s1. The quantitative estimate of drug-likeness (QED) is 0.613. The van der Waals surface area contributed by atoms with Gasteiger partial charge < -0.3 is 0 Å². The van der Waals surface area contributed by atoms with Crippen molar-refractivity contribution in [2.75, 3.05) is 15.9 Å². The van der Waals surface area contributed by atoms with E-state index in [0.717, 1.165) is 21.7 Å². The van der Waals surface area contributed by atoms with Gasteiger partial charge in [-0.15, -0.1) is 10.2 Å². The molecule has 29 heavy (non-hydrogen) atoms. The van der Waals surface area contributed by atoms with Gasteiger partial charge in [-0.1, -0.05) is 58.8 Å². The zero-order chi connectivity index (χ0) is 21.2. The number of benzene rings is 2. The normalized spacial score (nSPS) is 12.4. The molecular formula is C19H19ClN4O3S2. The van der Waals surface area contributed by atoms with E-state index in [1.54, 1.807) is 18.2 Å². The van der Waals surface area contributed by atoms with Gasteiger partial charge in [-0.05, 0) is 32.0 Å². The van der Waals surface area contributed by atoms with Gasteiger partial charge in [0.1, 0.15) is 11.0 Å². The summed E-state index contributed by atoms with van der Waals surface area (Å²) in [5.74, 6) is -0.526. The molecule has 10 heteroatoms. The molecule has 1 amide bonds. The Kier molecular flexibility index (Phi) is 6.21. The van der Waals surface area contributed by atoms with Crippen LogP contribution in [0.1, 0.15) is 12.5 Å². The van der Waals surface area contributed by atoms with Crippen LogP contribution in [0.5, 0.6) is 0 Å². The smallest absolute Gasteiger partial charge is 0.249 e. The first kappa shape index (κ1) is 21.2. The summed E-state index contributed by atoms with van der Waals surface area (Å²) in [6, 6.07) is 13.1. The largest absolute Gasteiger partial charge is 0.299 e. The SMILES string of the molecule is Cc1ccc(-c2nnc(NC(=O)[C@H](C)N(c3cccc(Cl)c3)S(C)(=O)=O)s2)cc1. The van der Waals surface area contributed by atoms with E-state index < -0.39 is 22.0 Å². The Hall–Kier alpha value is -2.49. The fourth-order valence-corrected chi connectivity index (χ4v) is 4.82. The fourth-order valence-electron chi connectivity index (χ4n) is 2.72. The van der Waals surface area contributed by atoms with Crippen LogP contribution in [-0.4, -0.2) is 36.8 Å². The van der Waals surface area contributed by atoms with Gasteiger partial charge in [-0.25, -0.2) is 8.42 Å². The van der Waals surface area contributed by atoms with E-state index in [9.17, 15) is 13.2 Å². The van der Waals surface area contributed by atoms with Crippen LogP contribution in [0, 0.1) is 6.92 Å². The predicted octanol–water partition coefficient (Wildman–Crippen LogP) is 3.96. The highest BCUT2D eigenvalue weighted by atomic mass is 35.5. The Morgan fingerprint density at radius 2 is 1.86 bits per heavy atom. The number of aromatic nitrogens is 2. The number of amides is 1. The number of aryl methyl sites for hydroxylation is 1. The summed E-state index contributed by atoms with van der Waals surface area (Å²) >= 11 is 7.20. The lowest BCUT2D eigenvalue weighted by Crippen LogP contribution is -2.45. The Balaban J connectivity index is 1.81. The van der Waals surface area contributed by atoms with Gasteiger partial charge in [0.05, 0.1) is 11.9 Å². The summed E-state index contributed by atoms with van der Waals surface area (Å²) in [5, 5.41) is 12.1. The number of hydrogen-bond acceptors (Lipinski definition) is 6. The molecule has 0 unspecified atom stereocenters. The first-order chi connectivity index (χ1) is 13.6. The molecule has 0 aliphatic heterocycles. The Bertz CT molecular complexity index is 1130. The number of nitrogens with one attached hydrogen (secondary N) is 1. The highest BCUT2D eigenvalue weighted by Crippen LogP contribution is 2.28. The van der Waals surface area contributed by atoms with Gasteiger partial charge in [-0.3, -0.25) is 14.4 Å². The third kappa shape index (κ3) is 5.11. The maximum atomic E-state index is 12.7. The lowest BCUT2D eigenvalue weighted by molar-refractivity contribution is -0.116. The van der Waals surface area contributed by atoms with E-state index in [0.29, 0.717) is 15.7 Å². The number of anilines is 2. The van der Waals surface area contributed by atoms with Gasteiger partial charge in [0, 0.05) is 10.6 Å². The van der Waals surface area contributed by atoms with E-state index in [-0.39, 0.29) is 5.13 Å². The van der Waals surface area contributed by atoms with Crippen molar-refractivity contribution in [2.24, 2.45) is 0 Å². The van der Waals surface area contributed by atoms with Crippen LogP contribution in [0.2, 0.25) is 5.02 Å². The van der Waals surface area contributed by atoms with Crippen LogP contribution in [0.25, 0.3) is 10.6 Å². The molecule has 7 nitrogen and oxygen atoms in total. The molecule has 1 atom stereocenters. The van der Waals surface area contributed by atoms with Crippen molar-refractivity contribution in [2.45, 2.75) is 19.9 Å². The van der Waals surface area contributed by atoms with Crippen LogP contribution in [-0.2, 0) is 14.8 Å². The Morgan fingerprint density at radius 3 is 2.48 bits per heavy atom. The molecule has 1 heterocycles. The zero-order valence-corrected chi connectivity index (χ0v) is 18.3. The fraction of sp³-hybridized carbons (Fsp3) is 0.211. The number of hydrogen-bond donors (Lipinski definition) is 1. The Labute approximate surface area is 178 Å². The number of sulfonamides is 1. The molecule has 0 aliphatic rings. The summed E-state index contributed by atoms with van der Waals surface area (Å²) in [5.41, 5.74) is 2.32. The van der Waals surface area contributed by atoms with Crippen LogP contribution >= 0.6 is 22.9 Å². The number of nitrogens with zero attached hydrogens (tertiary/aromatic N) is 3. The van der Waals surface area contributed by atoms with Crippen molar-refractivity contribution in [3.63, 3.8) is 0 Å². The summed E-state index contributed by atoms with van der Waals surface area (Å²) < 4.78 is 25.7. The molecule has 0 bridgehead atoms. The van der Waals surface area contributed by atoms with Gasteiger partial charge in [0.25, 0.3) is 0 Å². The number of rotatable bonds is 6. The average Bonchev–Trinajstić information content (AvgIpc) is 3.09. The minimum Gasteiger partial charge on any atom is -0.299 e. The minimum atomic E-state index is -3.73. The monoisotopic (exact) mass is 450 g/mol. The van der Waals surface area contributed by atoms with Crippen LogP contribution < -0.4 is 9.62 Å². The number of carbonyl (C=O) groups is 1. The molecule has 3 aromatic rings. The number of carbonyl (C=O) groups excluding carboxylic acids is 1. The van der Waals surface area contributed by atoms with E-state index in [1.807, 2.05) is 31.2 Å². The van der Waals surface area contributed by atoms with Crippen LogP contribution in [0.4, 0.5) is 10.8 Å². The molecule has 152 valence electrons. The molecule has 1 N–H and O–H groups in total. The van der Waals surface area contributed by atoms with Gasteiger partial charge >= 0.3 is 0 Å². The van der Waals surface area contributed by atoms with Gasteiger partial charge in [0.15, 0.2) is 0 Å². The molecule has 0 saturated carbocycles. The summed E-state index contributed by atoms with van der Waals surface area (Å²) in [6.07, 6.45) is 1.04. The molecule has 3 rings (SSSR count). The Morgan fingerprint density at radius 1 is 1.17 bits per heavy atom. The second-order valence-corrected chi connectivity index (χ2v) is 9.76. The molecule has 1 aromatic heterocycles. The van der Waals surface area contributed by atoms with E-state index in [1.165, 1.54) is 24.3 Å². The van der Waals surface area contributed by atoms with Crippen LogP contribution in [0.3, 0.4) is 0 Å². The maximum Gasteiger partial charge on any atom is 0.249 e. The summed E-state index contributed by atoms with van der Waals surface area (Å²) in [6.45, 7) is 3.49. The maximum absolute atomic E-state index is 12.7. The zero-order valence-electron chi connectivity index (χ0n) is 16.0. The summed E-state index contributed by atoms with van der Waals surface area (Å²) in [7, 11) is -3.73. The average molecular weight is 451 g/mol. The van der Waals surface area contributed by atoms with Crippen molar-refractivity contribution in [1.82, 2.24) is 10.2 Å². The van der Waals surface area contributed by atoms with E-state index in [2.05, 4.69) is 15.5 Å². The molecule has 0 saturated heterocycles.